The van der Waals surface area contributed by atoms with Gasteiger partial charge in [0.05, 0.1) is 11.0 Å². The first-order chi connectivity index (χ1) is 11.1. The molecule has 0 saturated carbocycles. The van der Waals surface area contributed by atoms with E-state index in [9.17, 15) is 10.1 Å². The molecule has 0 bridgehead atoms. The van der Waals surface area contributed by atoms with Gasteiger partial charge in [-0.3, -0.25) is 10.1 Å². The normalized spacial score (nSPS) is 24.7. The highest BCUT2D eigenvalue weighted by molar-refractivity contribution is 9.10. The summed E-state index contributed by atoms with van der Waals surface area (Å²) in [6, 6.07) is 13.3. The maximum Gasteiger partial charge on any atom is 0.269 e. The molecule has 0 amide bonds. The Labute approximate surface area is 142 Å². The van der Waals surface area contributed by atoms with Crippen LogP contribution in [0.3, 0.4) is 0 Å². The minimum atomic E-state index is -0.332. The van der Waals surface area contributed by atoms with Crippen LogP contribution in [-0.2, 0) is 0 Å². The maximum absolute atomic E-state index is 11.1. The third kappa shape index (κ3) is 2.45. The predicted molar refractivity (Wildman–Crippen MR) is 93.6 cm³/mol. The summed E-state index contributed by atoms with van der Waals surface area (Å²) in [5.74, 6) is 0.742. The van der Waals surface area contributed by atoms with E-state index in [2.05, 4.69) is 45.5 Å². The summed E-state index contributed by atoms with van der Waals surface area (Å²) < 4.78 is 1.07. The molecule has 0 spiro atoms. The number of fused-ring (bicyclic) bond motifs is 3. The molecule has 0 saturated heterocycles. The third-order valence-corrected chi connectivity index (χ3v) is 5.26. The first-order valence-electron chi connectivity index (χ1n) is 7.60. The molecular formula is C18H15BrN2O2. The van der Waals surface area contributed by atoms with Gasteiger partial charge < -0.3 is 5.32 Å². The highest BCUT2D eigenvalue weighted by atomic mass is 79.9. The number of nitrogens with one attached hydrogen (secondary N) is 1. The van der Waals surface area contributed by atoms with Crippen molar-refractivity contribution in [2.24, 2.45) is 5.92 Å². The van der Waals surface area contributed by atoms with Gasteiger partial charge in [0.15, 0.2) is 0 Å². The molecule has 1 heterocycles. The smallest absolute Gasteiger partial charge is 0.269 e. The molecule has 5 heteroatoms. The minimum Gasteiger partial charge on any atom is -0.378 e. The number of nitro benzene ring substituents is 1. The van der Waals surface area contributed by atoms with Gasteiger partial charge in [-0.2, -0.15) is 0 Å². The van der Waals surface area contributed by atoms with Crippen molar-refractivity contribution in [1.82, 2.24) is 0 Å². The Balaban J connectivity index is 1.78. The number of nitro groups is 1. The summed E-state index contributed by atoms with van der Waals surface area (Å²) in [6.45, 7) is 0. The molecule has 2 aliphatic rings. The second-order valence-electron chi connectivity index (χ2n) is 6.06. The second-order valence-corrected chi connectivity index (χ2v) is 6.97. The molecule has 0 radical (unpaired) electrons. The monoisotopic (exact) mass is 370 g/mol. The van der Waals surface area contributed by atoms with Crippen LogP contribution in [0, 0.1) is 16.0 Å². The third-order valence-electron chi connectivity index (χ3n) is 4.76. The number of rotatable bonds is 2. The van der Waals surface area contributed by atoms with Crippen molar-refractivity contribution >= 4 is 27.3 Å². The van der Waals surface area contributed by atoms with Crippen LogP contribution < -0.4 is 5.32 Å². The van der Waals surface area contributed by atoms with Crippen molar-refractivity contribution in [3.63, 3.8) is 0 Å². The Bertz CT molecular complexity index is 818. The molecule has 1 aliphatic carbocycles. The number of halogens is 1. The molecule has 0 aromatic heterocycles. The topological polar surface area (TPSA) is 55.2 Å². The number of hydrogen-bond acceptors (Lipinski definition) is 3. The van der Waals surface area contributed by atoms with Crippen molar-refractivity contribution in [3.8, 4) is 0 Å². The van der Waals surface area contributed by atoms with Crippen LogP contribution in [0.15, 0.2) is 59.1 Å². The van der Waals surface area contributed by atoms with Gasteiger partial charge in [0.1, 0.15) is 0 Å². The van der Waals surface area contributed by atoms with Crippen LogP contribution in [0.25, 0.3) is 0 Å². The van der Waals surface area contributed by atoms with E-state index in [1.807, 2.05) is 12.1 Å². The van der Waals surface area contributed by atoms with E-state index in [4.69, 9.17) is 0 Å². The van der Waals surface area contributed by atoms with E-state index in [1.54, 1.807) is 18.2 Å². The summed E-state index contributed by atoms with van der Waals surface area (Å²) in [5.41, 5.74) is 3.53. The van der Waals surface area contributed by atoms with Crippen LogP contribution in [-0.4, -0.2) is 4.92 Å². The van der Waals surface area contributed by atoms with Crippen LogP contribution in [0.1, 0.15) is 29.5 Å². The molecule has 2 aromatic carbocycles. The van der Waals surface area contributed by atoms with Gasteiger partial charge >= 0.3 is 0 Å². The second kappa shape index (κ2) is 5.49. The Morgan fingerprint density at radius 1 is 1.22 bits per heavy atom. The molecule has 4 rings (SSSR count). The Morgan fingerprint density at radius 2 is 2.09 bits per heavy atom. The molecular weight excluding hydrogens is 356 g/mol. The quantitative estimate of drug-likeness (QED) is 0.449. The van der Waals surface area contributed by atoms with Crippen LogP contribution in [0.5, 0.6) is 0 Å². The summed E-state index contributed by atoms with van der Waals surface area (Å²) in [4.78, 5) is 10.7. The fraction of sp³-hybridized carbons (Fsp3) is 0.222. The molecule has 4 nitrogen and oxygen atoms in total. The molecule has 116 valence electrons. The van der Waals surface area contributed by atoms with E-state index in [1.165, 1.54) is 5.56 Å². The van der Waals surface area contributed by atoms with Gasteiger partial charge in [0.2, 0.25) is 0 Å². The standard InChI is InChI=1S/C18H15BrN2O2/c19-12-7-8-17-16(10-12)14-5-2-6-15(14)18(20-17)11-3-1-4-13(9-11)21(22)23/h1-5,7-10,14-15,18,20H,6H2/t14-,15+,18+/m1/s1. The lowest BCUT2D eigenvalue weighted by Gasteiger charge is -2.37. The SMILES string of the molecule is O=[N+]([O-])c1cccc([C@@H]2Nc3ccc(Br)cc3[C@@H]3C=CC[C@@H]32)c1. The number of hydrogen-bond donors (Lipinski definition) is 1. The number of non-ortho nitro benzene ring substituents is 1. The molecule has 23 heavy (non-hydrogen) atoms. The average Bonchev–Trinajstić information content (AvgIpc) is 3.04. The lowest BCUT2D eigenvalue weighted by atomic mass is 9.77. The van der Waals surface area contributed by atoms with Crippen molar-refractivity contribution < 1.29 is 4.92 Å². The molecule has 3 atom stereocenters. The number of anilines is 1. The molecule has 0 fully saturated rings. The fourth-order valence-electron chi connectivity index (χ4n) is 3.73. The van der Waals surface area contributed by atoms with E-state index < -0.39 is 0 Å². The first-order valence-corrected chi connectivity index (χ1v) is 8.40. The Kier molecular flexibility index (Phi) is 3.45. The highest BCUT2D eigenvalue weighted by Crippen LogP contribution is 2.50. The van der Waals surface area contributed by atoms with E-state index >= 15 is 0 Å². The van der Waals surface area contributed by atoms with Crippen LogP contribution in [0.4, 0.5) is 11.4 Å². The van der Waals surface area contributed by atoms with Gasteiger partial charge in [-0.25, -0.2) is 0 Å². The van der Waals surface area contributed by atoms with Crippen molar-refractivity contribution in [1.29, 1.82) is 0 Å². The van der Waals surface area contributed by atoms with Gasteiger partial charge in [-0.1, -0.05) is 40.2 Å². The highest BCUT2D eigenvalue weighted by Gasteiger charge is 2.38. The zero-order chi connectivity index (χ0) is 16.0. The molecule has 2 aromatic rings. The van der Waals surface area contributed by atoms with Crippen molar-refractivity contribution in [2.45, 2.75) is 18.4 Å². The lowest BCUT2D eigenvalue weighted by molar-refractivity contribution is -0.384. The lowest BCUT2D eigenvalue weighted by Crippen LogP contribution is -2.29. The van der Waals surface area contributed by atoms with Crippen molar-refractivity contribution in [3.05, 3.63) is 80.3 Å². The van der Waals surface area contributed by atoms with Crippen LogP contribution >= 0.6 is 15.9 Å². The van der Waals surface area contributed by atoms with E-state index in [-0.39, 0.29) is 16.7 Å². The Morgan fingerprint density at radius 3 is 2.91 bits per heavy atom. The largest absolute Gasteiger partial charge is 0.378 e. The van der Waals surface area contributed by atoms with Crippen molar-refractivity contribution in [2.75, 3.05) is 5.32 Å². The molecule has 1 aliphatic heterocycles. The number of benzene rings is 2. The zero-order valence-corrected chi connectivity index (χ0v) is 13.9. The zero-order valence-electron chi connectivity index (χ0n) is 12.3. The molecule has 1 N–H and O–H groups in total. The summed E-state index contributed by atoms with van der Waals surface area (Å²) in [5, 5.41) is 14.7. The number of nitrogens with zero attached hydrogens (tertiary/aromatic N) is 1. The summed E-state index contributed by atoms with van der Waals surface area (Å²) >= 11 is 3.55. The van der Waals surface area contributed by atoms with Gasteiger partial charge in [0.25, 0.3) is 5.69 Å². The van der Waals surface area contributed by atoms with Gasteiger partial charge in [-0.15, -0.1) is 0 Å². The number of allylic oxidation sites excluding steroid dienone is 2. The molecule has 0 unspecified atom stereocenters. The van der Waals surface area contributed by atoms with E-state index in [0.717, 1.165) is 22.1 Å². The van der Waals surface area contributed by atoms with Crippen LogP contribution in [0.2, 0.25) is 0 Å². The van der Waals surface area contributed by atoms with E-state index in [0.29, 0.717) is 11.8 Å². The predicted octanol–water partition coefficient (Wildman–Crippen LogP) is 5.18. The maximum atomic E-state index is 11.1. The first kappa shape index (κ1) is 14.5. The average molecular weight is 371 g/mol. The Hall–Kier alpha value is -2.14. The minimum absolute atomic E-state index is 0.0866. The van der Waals surface area contributed by atoms with Gasteiger partial charge in [-0.05, 0) is 41.7 Å². The summed E-state index contributed by atoms with van der Waals surface area (Å²) in [6.07, 6.45) is 5.47. The van der Waals surface area contributed by atoms with Gasteiger partial charge in [0, 0.05) is 28.2 Å². The summed E-state index contributed by atoms with van der Waals surface area (Å²) in [7, 11) is 0. The fourth-order valence-corrected chi connectivity index (χ4v) is 4.11.